The van der Waals surface area contributed by atoms with Gasteiger partial charge < -0.3 is 0 Å². The zero-order valence-corrected chi connectivity index (χ0v) is 16.8. The minimum atomic E-state index is -2.14. The average Bonchev–Trinajstić information content (AvgIpc) is 2.73. The molecule has 3 rings (SSSR count). The molecule has 0 aliphatic rings. The summed E-state index contributed by atoms with van der Waals surface area (Å²) in [7, 11) is -2.14. The Balaban J connectivity index is 2.02. The molecule has 27 heavy (non-hydrogen) atoms. The third kappa shape index (κ3) is 4.64. The van der Waals surface area contributed by atoms with Crippen LogP contribution in [0.15, 0.2) is 91.0 Å². The summed E-state index contributed by atoms with van der Waals surface area (Å²) < 4.78 is 5.15. The van der Waals surface area contributed by atoms with Gasteiger partial charge in [0.1, 0.15) is 0 Å². The molecule has 0 atom stereocenters. The van der Waals surface area contributed by atoms with Gasteiger partial charge in [-0.05, 0) is 0 Å². The van der Waals surface area contributed by atoms with Crippen molar-refractivity contribution in [1.82, 2.24) is 0 Å². The van der Waals surface area contributed by atoms with Gasteiger partial charge in [0.2, 0.25) is 0 Å². The molecule has 140 valence electrons. The number of hydrogen-bond donors (Lipinski definition) is 0. The van der Waals surface area contributed by atoms with Crippen LogP contribution in [0.3, 0.4) is 0 Å². The van der Waals surface area contributed by atoms with E-state index in [1.165, 1.54) is 22.8 Å². The van der Waals surface area contributed by atoms with Gasteiger partial charge in [-0.1, -0.05) is 0 Å². The Morgan fingerprint density at radius 2 is 1.11 bits per heavy atom. The van der Waals surface area contributed by atoms with E-state index in [0.29, 0.717) is 6.61 Å². The van der Waals surface area contributed by atoms with Crippen LogP contribution in [0.5, 0.6) is 0 Å². The van der Waals surface area contributed by atoms with Crippen molar-refractivity contribution in [2.75, 3.05) is 12.8 Å². The zero-order chi connectivity index (χ0) is 19.0. The molecule has 0 aliphatic carbocycles. The molecule has 3 heteroatoms. The van der Waals surface area contributed by atoms with Gasteiger partial charge in [-0.2, -0.15) is 0 Å². The Hall–Kier alpha value is -2.44. The van der Waals surface area contributed by atoms with Crippen LogP contribution in [0.4, 0.5) is 0 Å². The SMILES string of the molecule is CC(=O)OCCCC[PH](c1ccccc1)(c1ccccc1)c1ccccc1. The van der Waals surface area contributed by atoms with Crippen molar-refractivity contribution in [3.8, 4) is 0 Å². The number of hydrogen-bond acceptors (Lipinski definition) is 2. The maximum atomic E-state index is 11.1. The van der Waals surface area contributed by atoms with Gasteiger partial charge in [0.25, 0.3) is 0 Å². The third-order valence-corrected chi connectivity index (χ3v) is 10.1. The molecule has 3 aromatic carbocycles. The van der Waals surface area contributed by atoms with Gasteiger partial charge in [0, 0.05) is 0 Å². The number of ether oxygens (including phenoxy) is 1. The van der Waals surface area contributed by atoms with E-state index in [2.05, 4.69) is 91.0 Å². The predicted molar refractivity (Wildman–Crippen MR) is 117 cm³/mol. The molecule has 0 heterocycles. The summed E-state index contributed by atoms with van der Waals surface area (Å²) in [5.41, 5.74) is 0. The topological polar surface area (TPSA) is 26.3 Å². The quantitative estimate of drug-likeness (QED) is 0.336. The number of unbranched alkanes of at least 4 members (excludes halogenated alkanes) is 1. The maximum absolute atomic E-state index is 11.1. The van der Waals surface area contributed by atoms with Crippen LogP contribution in [0.25, 0.3) is 0 Å². The van der Waals surface area contributed by atoms with E-state index in [4.69, 9.17) is 4.74 Å². The van der Waals surface area contributed by atoms with E-state index in [1.54, 1.807) is 0 Å². The molecule has 3 aromatic rings. The van der Waals surface area contributed by atoms with Crippen molar-refractivity contribution in [2.45, 2.75) is 19.8 Å². The van der Waals surface area contributed by atoms with Gasteiger partial charge in [-0.25, -0.2) is 0 Å². The first kappa shape index (κ1) is 19.3. The van der Waals surface area contributed by atoms with Crippen LogP contribution in [-0.2, 0) is 9.53 Å². The van der Waals surface area contributed by atoms with Gasteiger partial charge in [-0.3, -0.25) is 0 Å². The van der Waals surface area contributed by atoms with Crippen LogP contribution in [0, 0.1) is 0 Å². The molecule has 0 bridgehead atoms. The van der Waals surface area contributed by atoms with Crippen LogP contribution in [-0.4, -0.2) is 18.7 Å². The molecule has 0 aromatic heterocycles. The first-order chi connectivity index (χ1) is 13.2. The van der Waals surface area contributed by atoms with E-state index in [1.807, 2.05) is 0 Å². The monoisotopic (exact) mass is 378 g/mol. The summed E-state index contributed by atoms with van der Waals surface area (Å²) in [5.74, 6) is -0.201. The number of esters is 1. The molecular formula is C24H27O2P. The molecule has 0 N–H and O–H groups in total. The fourth-order valence-corrected chi connectivity index (χ4v) is 8.74. The average molecular weight is 378 g/mol. The predicted octanol–water partition coefficient (Wildman–Crippen LogP) is 4.06. The molecule has 0 saturated heterocycles. The second-order valence-electron chi connectivity index (χ2n) is 6.80. The number of carbonyl (C=O) groups is 1. The summed E-state index contributed by atoms with van der Waals surface area (Å²) in [6.45, 7) is 1.97. The van der Waals surface area contributed by atoms with Gasteiger partial charge in [0.05, 0.1) is 0 Å². The molecule has 0 fully saturated rings. The summed E-state index contributed by atoms with van der Waals surface area (Å²) >= 11 is 0. The van der Waals surface area contributed by atoms with E-state index < -0.39 is 7.26 Å². The fraction of sp³-hybridized carbons (Fsp3) is 0.208. The van der Waals surface area contributed by atoms with Crippen LogP contribution in [0.1, 0.15) is 19.8 Å². The number of benzene rings is 3. The second kappa shape index (κ2) is 9.48. The fourth-order valence-electron chi connectivity index (χ4n) is 3.81. The van der Waals surface area contributed by atoms with Gasteiger partial charge in [0.15, 0.2) is 0 Å². The first-order valence-corrected chi connectivity index (χ1v) is 11.7. The summed E-state index contributed by atoms with van der Waals surface area (Å²) in [5, 5.41) is 4.28. The molecule has 2 nitrogen and oxygen atoms in total. The Morgan fingerprint density at radius 1 is 0.704 bits per heavy atom. The van der Waals surface area contributed by atoms with Crippen molar-refractivity contribution in [1.29, 1.82) is 0 Å². The van der Waals surface area contributed by atoms with Crippen molar-refractivity contribution >= 4 is 29.1 Å². The molecule has 0 unspecified atom stereocenters. The Kier molecular flexibility index (Phi) is 6.79. The van der Waals surface area contributed by atoms with E-state index in [-0.39, 0.29) is 5.97 Å². The van der Waals surface area contributed by atoms with E-state index in [9.17, 15) is 4.79 Å². The number of carbonyl (C=O) groups excluding carboxylic acids is 1. The Morgan fingerprint density at radius 3 is 1.48 bits per heavy atom. The molecule has 0 spiro atoms. The van der Waals surface area contributed by atoms with Gasteiger partial charge in [-0.15, -0.1) is 0 Å². The molecular weight excluding hydrogens is 351 g/mol. The zero-order valence-electron chi connectivity index (χ0n) is 15.8. The van der Waals surface area contributed by atoms with Crippen LogP contribution < -0.4 is 15.9 Å². The molecule has 0 amide bonds. The first-order valence-electron chi connectivity index (χ1n) is 9.53. The van der Waals surface area contributed by atoms with Crippen LogP contribution in [0.2, 0.25) is 0 Å². The molecule has 0 radical (unpaired) electrons. The Bertz CT molecular complexity index is 735. The van der Waals surface area contributed by atoms with E-state index in [0.717, 1.165) is 19.0 Å². The van der Waals surface area contributed by atoms with Crippen molar-refractivity contribution in [3.63, 3.8) is 0 Å². The molecule has 0 aliphatic heterocycles. The third-order valence-electron chi connectivity index (χ3n) is 5.05. The summed E-state index contributed by atoms with van der Waals surface area (Å²) in [4.78, 5) is 11.1. The summed E-state index contributed by atoms with van der Waals surface area (Å²) in [6.07, 6.45) is 3.01. The Labute approximate surface area is 162 Å². The summed E-state index contributed by atoms with van der Waals surface area (Å²) in [6, 6.07) is 32.7. The van der Waals surface area contributed by atoms with E-state index >= 15 is 0 Å². The van der Waals surface area contributed by atoms with Crippen molar-refractivity contribution < 1.29 is 9.53 Å². The van der Waals surface area contributed by atoms with Crippen molar-refractivity contribution in [3.05, 3.63) is 91.0 Å². The van der Waals surface area contributed by atoms with Gasteiger partial charge >= 0.3 is 162 Å². The van der Waals surface area contributed by atoms with Crippen molar-refractivity contribution in [2.24, 2.45) is 0 Å². The standard InChI is InChI=1S/C24H27O2P/c1-21(25)26-19-11-12-20-27(22-13-5-2-6-14-22,23-15-7-3-8-16-23)24-17-9-4-10-18-24/h2-10,13-18,27H,11-12,19-20H2,1H3. The molecule has 0 saturated carbocycles. The second-order valence-corrected chi connectivity index (χ2v) is 10.8. The van der Waals surface area contributed by atoms with Crippen LogP contribution >= 0.6 is 7.26 Å². The normalized spacial score (nSPS) is 11.7. The minimum absolute atomic E-state index is 0.201. The number of rotatable bonds is 8.